The van der Waals surface area contributed by atoms with Gasteiger partial charge in [0.25, 0.3) is 5.91 Å². The zero-order valence-corrected chi connectivity index (χ0v) is 13.1. The summed E-state index contributed by atoms with van der Waals surface area (Å²) in [5, 5.41) is 3.47. The number of carbonyl (C=O) groups excluding carboxylic acids is 1. The van der Waals surface area contributed by atoms with Gasteiger partial charge in [0.2, 0.25) is 0 Å². The van der Waals surface area contributed by atoms with Crippen LogP contribution < -0.4 is 15.0 Å². The van der Waals surface area contributed by atoms with Crippen molar-refractivity contribution in [2.75, 3.05) is 24.3 Å². The molecule has 0 bridgehead atoms. The number of ether oxygens (including phenoxy) is 1. The Morgan fingerprint density at radius 2 is 2.18 bits per heavy atom. The van der Waals surface area contributed by atoms with Gasteiger partial charge in [0.1, 0.15) is 11.6 Å². The first-order chi connectivity index (χ1) is 10.5. The average molecular weight is 318 g/mol. The predicted molar refractivity (Wildman–Crippen MR) is 86.8 cm³/mol. The van der Waals surface area contributed by atoms with Gasteiger partial charge in [0, 0.05) is 25.5 Å². The lowest BCUT2D eigenvalue weighted by Gasteiger charge is -2.13. The van der Waals surface area contributed by atoms with Crippen molar-refractivity contribution in [2.45, 2.75) is 12.5 Å². The Morgan fingerprint density at radius 1 is 1.36 bits per heavy atom. The van der Waals surface area contributed by atoms with E-state index >= 15 is 0 Å². The third-order valence-electron chi connectivity index (χ3n) is 3.46. The molecule has 0 aliphatic carbocycles. The van der Waals surface area contributed by atoms with Gasteiger partial charge in [-0.2, -0.15) is 0 Å². The Hall–Kier alpha value is -2.27. The van der Waals surface area contributed by atoms with Crippen molar-refractivity contribution in [3.05, 3.63) is 47.1 Å². The van der Waals surface area contributed by atoms with E-state index in [-0.39, 0.29) is 5.91 Å². The number of halogens is 1. The van der Waals surface area contributed by atoms with Crippen LogP contribution in [0, 0.1) is 0 Å². The second-order valence-electron chi connectivity index (χ2n) is 5.35. The Morgan fingerprint density at radius 3 is 2.86 bits per heavy atom. The van der Waals surface area contributed by atoms with Gasteiger partial charge >= 0.3 is 0 Å². The molecule has 0 spiro atoms. The molecule has 6 heteroatoms. The van der Waals surface area contributed by atoms with Crippen LogP contribution in [0.2, 0.25) is 5.02 Å². The Kier molecular flexibility index (Phi) is 3.90. The van der Waals surface area contributed by atoms with Gasteiger partial charge in [0.15, 0.2) is 6.10 Å². The van der Waals surface area contributed by atoms with Gasteiger partial charge in [-0.05, 0) is 35.9 Å². The standard InChI is InChI=1S/C16H16ClN3O2/c1-20(2)15-6-4-12(9-18-15)19-16(21)14-8-10-7-11(17)3-5-13(10)22-14/h3-7,9,14H,8H2,1-2H3,(H,19,21)/t14-/m1/s1. The summed E-state index contributed by atoms with van der Waals surface area (Å²) in [5.41, 5.74) is 1.60. The number of nitrogens with one attached hydrogen (secondary N) is 1. The number of hydrogen-bond acceptors (Lipinski definition) is 4. The highest BCUT2D eigenvalue weighted by molar-refractivity contribution is 6.30. The van der Waals surface area contributed by atoms with Crippen molar-refractivity contribution in [3.8, 4) is 5.75 Å². The minimum absolute atomic E-state index is 0.188. The van der Waals surface area contributed by atoms with E-state index in [2.05, 4.69) is 10.3 Å². The van der Waals surface area contributed by atoms with Gasteiger partial charge in [-0.3, -0.25) is 4.79 Å². The molecule has 114 valence electrons. The van der Waals surface area contributed by atoms with E-state index in [1.807, 2.05) is 37.2 Å². The van der Waals surface area contributed by atoms with Crippen LogP contribution in [0.15, 0.2) is 36.5 Å². The maximum atomic E-state index is 12.3. The summed E-state index contributed by atoms with van der Waals surface area (Å²) in [6.45, 7) is 0. The number of nitrogens with zero attached hydrogens (tertiary/aromatic N) is 2. The number of pyridine rings is 1. The van der Waals surface area contributed by atoms with Crippen molar-refractivity contribution in [2.24, 2.45) is 0 Å². The molecule has 0 radical (unpaired) electrons. The van der Waals surface area contributed by atoms with E-state index < -0.39 is 6.10 Å². The second kappa shape index (κ2) is 5.85. The third kappa shape index (κ3) is 2.99. The Balaban J connectivity index is 1.66. The Bertz CT molecular complexity index is 701. The number of carbonyl (C=O) groups is 1. The highest BCUT2D eigenvalue weighted by Crippen LogP contribution is 2.31. The molecule has 1 atom stereocenters. The van der Waals surface area contributed by atoms with Gasteiger partial charge in [0.05, 0.1) is 11.9 Å². The summed E-state index contributed by atoms with van der Waals surface area (Å²) in [6, 6.07) is 9.04. The number of hydrogen-bond donors (Lipinski definition) is 1. The van der Waals surface area contributed by atoms with Gasteiger partial charge in [-0.25, -0.2) is 4.98 Å². The van der Waals surface area contributed by atoms with Crippen molar-refractivity contribution in [3.63, 3.8) is 0 Å². The van der Waals surface area contributed by atoms with Crippen LogP contribution in [-0.2, 0) is 11.2 Å². The largest absolute Gasteiger partial charge is 0.480 e. The molecule has 5 nitrogen and oxygen atoms in total. The maximum Gasteiger partial charge on any atom is 0.265 e. The number of amides is 1. The maximum absolute atomic E-state index is 12.3. The summed E-state index contributed by atoms with van der Waals surface area (Å²) >= 11 is 5.95. The fourth-order valence-electron chi connectivity index (χ4n) is 2.31. The summed E-state index contributed by atoms with van der Waals surface area (Å²) in [5.74, 6) is 1.36. The van der Waals surface area contributed by atoms with Crippen LogP contribution in [0.25, 0.3) is 0 Å². The number of benzene rings is 1. The van der Waals surface area contributed by atoms with Crippen molar-refractivity contribution in [1.82, 2.24) is 4.98 Å². The number of anilines is 2. The Labute approximate surface area is 133 Å². The SMILES string of the molecule is CN(C)c1ccc(NC(=O)[C@H]2Cc3cc(Cl)ccc3O2)cn1. The first-order valence-corrected chi connectivity index (χ1v) is 7.30. The van der Waals surface area contributed by atoms with Crippen LogP contribution in [0.3, 0.4) is 0 Å². The smallest absolute Gasteiger partial charge is 0.265 e. The zero-order valence-electron chi connectivity index (χ0n) is 12.3. The molecule has 1 amide bonds. The van der Waals surface area contributed by atoms with Crippen molar-refractivity contribution >= 4 is 29.0 Å². The number of aromatic nitrogens is 1. The quantitative estimate of drug-likeness (QED) is 0.945. The predicted octanol–water partition coefficient (Wildman–Crippen LogP) is 2.74. The molecule has 0 saturated carbocycles. The molecular weight excluding hydrogens is 302 g/mol. The molecule has 1 aliphatic rings. The zero-order chi connectivity index (χ0) is 15.7. The van der Waals surface area contributed by atoms with Crippen molar-refractivity contribution < 1.29 is 9.53 Å². The fraction of sp³-hybridized carbons (Fsp3) is 0.250. The molecule has 0 unspecified atom stereocenters. The third-order valence-corrected chi connectivity index (χ3v) is 3.70. The summed E-state index contributed by atoms with van der Waals surface area (Å²) in [4.78, 5) is 18.4. The monoisotopic (exact) mass is 317 g/mol. The van der Waals surface area contributed by atoms with Crippen LogP contribution >= 0.6 is 11.6 Å². The van der Waals surface area contributed by atoms with Crippen LogP contribution in [0.5, 0.6) is 5.75 Å². The normalized spacial score (nSPS) is 15.9. The summed E-state index contributed by atoms with van der Waals surface area (Å²) < 4.78 is 5.66. The van der Waals surface area contributed by atoms with E-state index in [0.717, 1.165) is 11.4 Å². The van der Waals surface area contributed by atoms with E-state index in [0.29, 0.717) is 22.9 Å². The highest BCUT2D eigenvalue weighted by atomic mass is 35.5. The molecule has 3 rings (SSSR count). The molecule has 0 fully saturated rings. The summed E-state index contributed by atoms with van der Waals surface area (Å²) in [7, 11) is 3.82. The molecule has 1 N–H and O–H groups in total. The lowest BCUT2D eigenvalue weighted by molar-refractivity contribution is -0.122. The molecule has 22 heavy (non-hydrogen) atoms. The first-order valence-electron chi connectivity index (χ1n) is 6.92. The van der Waals surface area contributed by atoms with E-state index in [1.165, 1.54) is 0 Å². The lowest BCUT2D eigenvalue weighted by Crippen LogP contribution is -2.31. The minimum atomic E-state index is -0.540. The highest BCUT2D eigenvalue weighted by Gasteiger charge is 2.29. The molecule has 2 heterocycles. The first kappa shape index (κ1) is 14.7. The van der Waals surface area contributed by atoms with Crippen molar-refractivity contribution in [1.29, 1.82) is 0 Å². The van der Waals surface area contributed by atoms with Gasteiger partial charge in [-0.1, -0.05) is 11.6 Å². The van der Waals surface area contributed by atoms with E-state index in [1.54, 1.807) is 18.3 Å². The molecule has 2 aromatic rings. The number of rotatable bonds is 3. The number of fused-ring (bicyclic) bond motifs is 1. The second-order valence-corrected chi connectivity index (χ2v) is 5.79. The van der Waals surface area contributed by atoms with Gasteiger partial charge in [-0.15, -0.1) is 0 Å². The topological polar surface area (TPSA) is 54.5 Å². The van der Waals surface area contributed by atoms with E-state index in [4.69, 9.17) is 16.3 Å². The van der Waals surface area contributed by atoms with Crippen LogP contribution in [-0.4, -0.2) is 31.1 Å². The lowest BCUT2D eigenvalue weighted by atomic mass is 10.1. The minimum Gasteiger partial charge on any atom is -0.480 e. The molecule has 1 aromatic heterocycles. The van der Waals surface area contributed by atoms with Gasteiger partial charge < -0.3 is 15.0 Å². The van der Waals surface area contributed by atoms with Crippen LogP contribution in [0.1, 0.15) is 5.56 Å². The fourth-order valence-corrected chi connectivity index (χ4v) is 2.51. The molecule has 1 aromatic carbocycles. The summed E-state index contributed by atoms with van der Waals surface area (Å²) in [6.07, 6.45) is 1.61. The van der Waals surface area contributed by atoms with Crippen LogP contribution in [0.4, 0.5) is 11.5 Å². The molecule has 0 saturated heterocycles. The molecule has 1 aliphatic heterocycles. The molecular formula is C16H16ClN3O2. The average Bonchev–Trinajstić information content (AvgIpc) is 2.91. The van der Waals surface area contributed by atoms with E-state index in [9.17, 15) is 4.79 Å².